The highest BCUT2D eigenvalue weighted by Gasteiger charge is 2.27. The van der Waals surface area contributed by atoms with E-state index in [1.165, 1.54) is 7.11 Å². The molecule has 1 atom stereocenters. The van der Waals surface area contributed by atoms with Crippen molar-refractivity contribution in [3.05, 3.63) is 0 Å². The zero-order valence-electron chi connectivity index (χ0n) is 9.06. The molecule has 2 nitrogen and oxygen atoms in total. The third-order valence-corrected chi connectivity index (χ3v) is 2.08. The number of carbonyl (C=O) groups excluding carboxylic acids is 1. The van der Waals surface area contributed by atoms with Gasteiger partial charge in [-0.05, 0) is 12.8 Å². The summed E-state index contributed by atoms with van der Waals surface area (Å²) in [5.74, 6) is -0.233. The lowest BCUT2D eigenvalue weighted by Crippen LogP contribution is -2.23. The summed E-state index contributed by atoms with van der Waals surface area (Å²) in [6.07, 6.45) is -4.47. The summed E-state index contributed by atoms with van der Waals surface area (Å²) in [7, 11) is 1.40. The number of carbonyl (C=O) groups is 1. The van der Waals surface area contributed by atoms with Gasteiger partial charge in [0.15, 0.2) is 5.78 Å². The number of rotatable bonds is 7. The Bertz CT molecular complexity index is 190. The van der Waals surface area contributed by atoms with Gasteiger partial charge in [-0.25, -0.2) is 0 Å². The molecule has 0 saturated carbocycles. The number of Topliss-reactive ketones (excluding diaryl/α,β-unsaturated/α-hetero) is 1. The molecule has 0 heterocycles. The van der Waals surface area contributed by atoms with E-state index in [0.29, 0.717) is 6.42 Å². The average molecular weight is 226 g/mol. The monoisotopic (exact) mass is 226 g/mol. The summed E-state index contributed by atoms with van der Waals surface area (Å²) in [5.41, 5.74) is 0. The van der Waals surface area contributed by atoms with Crippen molar-refractivity contribution in [2.45, 2.75) is 51.3 Å². The molecule has 0 aromatic carbocycles. The van der Waals surface area contributed by atoms with Gasteiger partial charge >= 0.3 is 6.18 Å². The van der Waals surface area contributed by atoms with Crippen LogP contribution in [0.25, 0.3) is 0 Å². The molecule has 15 heavy (non-hydrogen) atoms. The molecule has 0 radical (unpaired) electrons. The van der Waals surface area contributed by atoms with Crippen molar-refractivity contribution in [3.8, 4) is 0 Å². The van der Waals surface area contributed by atoms with Crippen molar-refractivity contribution in [1.82, 2.24) is 0 Å². The standard InChI is InChI=1S/C10H17F3O2/c1-3-5-9(15-2)8(14)6-4-7-10(11,12)13/h9H,3-7H2,1-2H3. The number of methoxy groups -OCH3 is 1. The Morgan fingerprint density at radius 1 is 1.40 bits per heavy atom. The Kier molecular flexibility index (Phi) is 6.56. The van der Waals surface area contributed by atoms with Crippen LogP contribution < -0.4 is 0 Å². The molecule has 0 fully saturated rings. The number of hydrogen-bond acceptors (Lipinski definition) is 2. The summed E-state index contributed by atoms with van der Waals surface area (Å²) in [6.45, 7) is 1.90. The third kappa shape index (κ3) is 7.36. The molecule has 0 amide bonds. The zero-order valence-corrected chi connectivity index (χ0v) is 9.06. The van der Waals surface area contributed by atoms with Crippen LogP contribution in [0, 0.1) is 0 Å². The highest BCUT2D eigenvalue weighted by molar-refractivity contribution is 5.82. The molecule has 0 bridgehead atoms. The SMILES string of the molecule is CCCC(OC)C(=O)CCCC(F)(F)F. The van der Waals surface area contributed by atoms with Gasteiger partial charge in [0, 0.05) is 20.0 Å². The van der Waals surface area contributed by atoms with E-state index in [9.17, 15) is 18.0 Å². The van der Waals surface area contributed by atoms with Crippen LogP contribution in [0.1, 0.15) is 39.0 Å². The average Bonchev–Trinajstić information content (AvgIpc) is 2.11. The fourth-order valence-corrected chi connectivity index (χ4v) is 1.30. The number of ketones is 1. The molecule has 0 aromatic rings. The second kappa shape index (κ2) is 6.82. The quantitative estimate of drug-likeness (QED) is 0.666. The number of ether oxygens (including phenoxy) is 1. The lowest BCUT2D eigenvalue weighted by molar-refractivity contribution is -0.139. The second-order valence-corrected chi connectivity index (χ2v) is 3.45. The Morgan fingerprint density at radius 3 is 2.40 bits per heavy atom. The molecule has 0 spiro atoms. The van der Waals surface area contributed by atoms with E-state index >= 15 is 0 Å². The van der Waals surface area contributed by atoms with Crippen LogP contribution in [0.2, 0.25) is 0 Å². The number of halogens is 3. The van der Waals surface area contributed by atoms with E-state index in [0.717, 1.165) is 6.42 Å². The first-order chi connectivity index (χ1) is 6.90. The second-order valence-electron chi connectivity index (χ2n) is 3.45. The Hall–Kier alpha value is -0.580. The zero-order chi connectivity index (χ0) is 11.9. The van der Waals surface area contributed by atoms with Crippen LogP contribution >= 0.6 is 0 Å². The highest BCUT2D eigenvalue weighted by atomic mass is 19.4. The van der Waals surface area contributed by atoms with Crippen LogP contribution in [-0.2, 0) is 9.53 Å². The van der Waals surface area contributed by atoms with E-state index in [-0.39, 0.29) is 18.6 Å². The van der Waals surface area contributed by atoms with Crippen molar-refractivity contribution >= 4 is 5.78 Å². The van der Waals surface area contributed by atoms with E-state index in [4.69, 9.17) is 4.74 Å². The molecular formula is C10H17F3O2. The third-order valence-electron chi connectivity index (χ3n) is 2.08. The first kappa shape index (κ1) is 14.4. The van der Waals surface area contributed by atoms with Gasteiger partial charge in [-0.3, -0.25) is 4.79 Å². The van der Waals surface area contributed by atoms with Gasteiger partial charge in [0.2, 0.25) is 0 Å². The van der Waals surface area contributed by atoms with E-state index in [1.54, 1.807) is 0 Å². The molecule has 0 saturated heterocycles. The van der Waals surface area contributed by atoms with E-state index < -0.39 is 18.7 Å². The molecule has 0 aliphatic carbocycles. The maximum Gasteiger partial charge on any atom is 0.389 e. The Labute approximate surface area is 87.8 Å². The molecule has 0 N–H and O–H groups in total. The predicted octanol–water partition coefficient (Wildman–Crippen LogP) is 3.10. The van der Waals surface area contributed by atoms with Gasteiger partial charge in [0.05, 0.1) is 0 Å². The topological polar surface area (TPSA) is 26.3 Å². The van der Waals surface area contributed by atoms with Crippen molar-refractivity contribution in [3.63, 3.8) is 0 Å². The Balaban J connectivity index is 3.81. The summed E-state index contributed by atoms with van der Waals surface area (Å²) in [6, 6.07) is 0. The minimum absolute atomic E-state index is 0.0575. The van der Waals surface area contributed by atoms with Crippen molar-refractivity contribution in [2.24, 2.45) is 0 Å². The lowest BCUT2D eigenvalue weighted by atomic mass is 10.0. The molecule has 5 heteroatoms. The number of hydrogen-bond donors (Lipinski definition) is 0. The van der Waals surface area contributed by atoms with Crippen LogP contribution in [0.15, 0.2) is 0 Å². The lowest BCUT2D eigenvalue weighted by Gasteiger charge is -2.13. The summed E-state index contributed by atoms with van der Waals surface area (Å²) < 4.78 is 40.3. The van der Waals surface area contributed by atoms with Gasteiger partial charge in [0.25, 0.3) is 0 Å². The smallest absolute Gasteiger partial charge is 0.374 e. The first-order valence-corrected chi connectivity index (χ1v) is 5.03. The fraction of sp³-hybridized carbons (Fsp3) is 0.900. The molecular weight excluding hydrogens is 209 g/mol. The van der Waals surface area contributed by atoms with Crippen LogP contribution in [0.3, 0.4) is 0 Å². The minimum Gasteiger partial charge on any atom is -0.374 e. The molecule has 90 valence electrons. The van der Waals surface area contributed by atoms with Crippen molar-refractivity contribution < 1.29 is 22.7 Å². The molecule has 0 aromatic heterocycles. The predicted molar refractivity (Wildman–Crippen MR) is 50.6 cm³/mol. The normalized spacial score (nSPS) is 13.9. The highest BCUT2D eigenvalue weighted by Crippen LogP contribution is 2.22. The van der Waals surface area contributed by atoms with Crippen LogP contribution in [0.5, 0.6) is 0 Å². The van der Waals surface area contributed by atoms with Gasteiger partial charge in [-0.1, -0.05) is 13.3 Å². The molecule has 0 aliphatic rings. The summed E-state index contributed by atoms with van der Waals surface area (Å²) >= 11 is 0. The van der Waals surface area contributed by atoms with Crippen molar-refractivity contribution in [2.75, 3.05) is 7.11 Å². The van der Waals surface area contributed by atoms with Crippen LogP contribution in [-0.4, -0.2) is 25.2 Å². The summed E-state index contributed by atoms with van der Waals surface area (Å²) in [5, 5.41) is 0. The first-order valence-electron chi connectivity index (χ1n) is 5.03. The minimum atomic E-state index is -4.17. The maximum atomic E-state index is 11.8. The molecule has 0 rings (SSSR count). The Morgan fingerprint density at radius 2 is 2.00 bits per heavy atom. The van der Waals surface area contributed by atoms with Gasteiger partial charge in [0.1, 0.15) is 6.10 Å². The van der Waals surface area contributed by atoms with Crippen molar-refractivity contribution in [1.29, 1.82) is 0 Å². The maximum absolute atomic E-state index is 11.8. The van der Waals surface area contributed by atoms with E-state index in [2.05, 4.69) is 0 Å². The molecule has 1 unspecified atom stereocenters. The molecule has 0 aliphatic heterocycles. The number of alkyl halides is 3. The largest absolute Gasteiger partial charge is 0.389 e. The van der Waals surface area contributed by atoms with Crippen LogP contribution in [0.4, 0.5) is 13.2 Å². The van der Waals surface area contributed by atoms with E-state index in [1.807, 2.05) is 6.92 Å². The van der Waals surface area contributed by atoms with Gasteiger partial charge in [-0.15, -0.1) is 0 Å². The van der Waals surface area contributed by atoms with Gasteiger partial charge < -0.3 is 4.74 Å². The van der Waals surface area contributed by atoms with Gasteiger partial charge in [-0.2, -0.15) is 13.2 Å². The summed E-state index contributed by atoms with van der Waals surface area (Å²) in [4.78, 5) is 11.4. The fourth-order valence-electron chi connectivity index (χ4n) is 1.30.